The van der Waals surface area contributed by atoms with Gasteiger partial charge in [-0.05, 0) is 18.6 Å². The van der Waals surface area contributed by atoms with Gasteiger partial charge in [0, 0.05) is 16.8 Å². The van der Waals surface area contributed by atoms with Crippen LogP contribution < -0.4 is 5.32 Å². The molecule has 2 atom stereocenters. The number of fused-ring (bicyclic) bond motifs is 1. The third kappa shape index (κ3) is 1.81. The number of rotatable bonds is 2. The molecule has 1 heterocycles. The van der Waals surface area contributed by atoms with E-state index < -0.39 is 0 Å². The molecule has 0 bridgehead atoms. The smallest absolute Gasteiger partial charge is 0.184 e. The second-order valence-corrected chi connectivity index (χ2v) is 6.77. The molecular weight excluding hydrogens is 252 g/mol. The number of nitrogens with zero attached hydrogens (tertiary/aromatic N) is 1. The number of halogens is 1. The van der Waals surface area contributed by atoms with E-state index in [1.165, 1.54) is 4.70 Å². The van der Waals surface area contributed by atoms with E-state index in [1.54, 1.807) is 11.3 Å². The highest BCUT2D eigenvalue weighted by Gasteiger charge is 2.47. The van der Waals surface area contributed by atoms with Crippen LogP contribution in [-0.4, -0.2) is 16.4 Å². The first kappa shape index (κ1) is 11.3. The van der Waals surface area contributed by atoms with E-state index in [0.717, 1.165) is 17.1 Å². The van der Waals surface area contributed by atoms with Gasteiger partial charge in [0.25, 0.3) is 0 Å². The average molecular weight is 267 g/mol. The first-order chi connectivity index (χ1) is 8.07. The van der Waals surface area contributed by atoms with Gasteiger partial charge in [0.05, 0.1) is 10.2 Å². The number of aromatic nitrogens is 1. The molecular formula is C13H15ClN2S. The van der Waals surface area contributed by atoms with Gasteiger partial charge < -0.3 is 5.32 Å². The number of para-hydroxylation sites is 1. The lowest BCUT2D eigenvalue weighted by molar-refractivity contribution is 0.168. The topological polar surface area (TPSA) is 24.9 Å². The molecule has 1 fully saturated rings. The first-order valence-electron chi connectivity index (χ1n) is 5.83. The zero-order valence-electron chi connectivity index (χ0n) is 9.90. The molecule has 1 aliphatic rings. The lowest BCUT2D eigenvalue weighted by atomic mass is 9.67. The van der Waals surface area contributed by atoms with E-state index in [9.17, 15) is 0 Å². The summed E-state index contributed by atoms with van der Waals surface area (Å²) in [5, 5.41) is 4.79. The molecule has 0 spiro atoms. The normalized spacial score (nSPS) is 26.8. The Morgan fingerprint density at radius 2 is 2.18 bits per heavy atom. The average Bonchev–Trinajstić information content (AvgIpc) is 2.71. The highest BCUT2D eigenvalue weighted by molar-refractivity contribution is 7.22. The molecule has 0 saturated heterocycles. The fourth-order valence-electron chi connectivity index (χ4n) is 2.20. The number of hydrogen-bond donors (Lipinski definition) is 1. The molecule has 1 aliphatic carbocycles. The molecule has 2 nitrogen and oxygen atoms in total. The van der Waals surface area contributed by atoms with Crippen molar-refractivity contribution in [1.82, 2.24) is 4.98 Å². The number of nitrogens with one attached hydrogen (secondary N) is 1. The molecule has 3 rings (SSSR count). The van der Waals surface area contributed by atoms with Crippen molar-refractivity contribution in [3.8, 4) is 0 Å². The van der Waals surface area contributed by atoms with Crippen LogP contribution in [0.1, 0.15) is 20.3 Å². The van der Waals surface area contributed by atoms with Crippen LogP contribution in [0, 0.1) is 5.41 Å². The maximum Gasteiger partial charge on any atom is 0.184 e. The summed E-state index contributed by atoms with van der Waals surface area (Å²) < 4.78 is 1.23. The van der Waals surface area contributed by atoms with Gasteiger partial charge >= 0.3 is 0 Å². The standard InChI is InChI=1S/C13H15ClN2S/c1-13(2)10(14)7-11(13)16-12-15-8-5-3-4-6-9(8)17-12/h3-6,10-11H,7H2,1-2H3,(H,15,16). The van der Waals surface area contributed by atoms with Crippen molar-refractivity contribution in [2.24, 2.45) is 5.41 Å². The zero-order valence-corrected chi connectivity index (χ0v) is 11.5. The summed E-state index contributed by atoms with van der Waals surface area (Å²) in [7, 11) is 0. The van der Waals surface area contributed by atoms with Gasteiger partial charge in [-0.3, -0.25) is 0 Å². The minimum atomic E-state index is 0.152. The zero-order chi connectivity index (χ0) is 12.0. The van der Waals surface area contributed by atoms with Gasteiger partial charge in [0.2, 0.25) is 0 Å². The van der Waals surface area contributed by atoms with E-state index in [2.05, 4.69) is 30.2 Å². The highest BCUT2D eigenvalue weighted by Crippen LogP contribution is 2.46. The summed E-state index contributed by atoms with van der Waals surface area (Å²) in [5.41, 5.74) is 1.22. The van der Waals surface area contributed by atoms with Crippen LogP contribution in [0.4, 0.5) is 5.13 Å². The molecule has 1 N–H and O–H groups in total. The van der Waals surface area contributed by atoms with Crippen molar-refractivity contribution in [3.63, 3.8) is 0 Å². The fraction of sp³-hybridized carbons (Fsp3) is 0.462. The predicted molar refractivity (Wildman–Crippen MR) is 75.1 cm³/mol. The van der Waals surface area contributed by atoms with Crippen LogP contribution in [0.3, 0.4) is 0 Å². The maximum absolute atomic E-state index is 6.22. The number of thiazole rings is 1. The second kappa shape index (κ2) is 3.85. The molecule has 17 heavy (non-hydrogen) atoms. The molecule has 1 aromatic carbocycles. The van der Waals surface area contributed by atoms with E-state index in [-0.39, 0.29) is 10.8 Å². The van der Waals surface area contributed by atoms with Gasteiger partial charge in [-0.1, -0.05) is 37.3 Å². The third-order valence-electron chi connectivity index (χ3n) is 3.74. The molecule has 4 heteroatoms. The van der Waals surface area contributed by atoms with E-state index in [0.29, 0.717) is 6.04 Å². The van der Waals surface area contributed by atoms with Gasteiger partial charge in [0.1, 0.15) is 0 Å². The molecule has 0 amide bonds. The van der Waals surface area contributed by atoms with Gasteiger partial charge in [0.15, 0.2) is 5.13 Å². The van der Waals surface area contributed by atoms with Crippen molar-refractivity contribution in [3.05, 3.63) is 24.3 Å². The summed E-state index contributed by atoms with van der Waals surface area (Å²) in [6, 6.07) is 8.66. The molecule has 0 radical (unpaired) electrons. The predicted octanol–water partition coefficient (Wildman–Crippen LogP) is 4.11. The summed E-state index contributed by atoms with van der Waals surface area (Å²) in [6.45, 7) is 4.41. The Hall–Kier alpha value is -0.800. The Morgan fingerprint density at radius 1 is 1.41 bits per heavy atom. The summed E-state index contributed by atoms with van der Waals surface area (Å²) >= 11 is 7.93. The number of alkyl halides is 1. The minimum absolute atomic E-state index is 0.152. The highest BCUT2D eigenvalue weighted by atomic mass is 35.5. The maximum atomic E-state index is 6.22. The summed E-state index contributed by atoms with van der Waals surface area (Å²) in [6.07, 6.45) is 1.02. The van der Waals surface area contributed by atoms with Crippen LogP contribution in [0.15, 0.2) is 24.3 Å². The van der Waals surface area contributed by atoms with Crippen molar-refractivity contribution in [2.45, 2.75) is 31.7 Å². The minimum Gasteiger partial charge on any atom is -0.358 e. The lowest BCUT2D eigenvalue weighted by Gasteiger charge is -2.49. The molecule has 2 unspecified atom stereocenters. The molecule has 0 aliphatic heterocycles. The van der Waals surface area contributed by atoms with Crippen LogP contribution in [0.25, 0.3) is 10.2 Å². The fourth-order valence-corrected chi connectivity index (χ4v) is 3.45. The molecule has 1 aromatic heterocycles. The first-order valence-corrected chi connectivity index (χ1v) is 7.09. The second-order valence-electron chi connectivity index (χ2n) is 5.21. The molecule has 90 valence electrons. The van der Waals surface area contributed by atoms with Crippen LogP contribution >= 0.6 is 22.9 Å². The van der Waals surface area contributed by atoms with Crippen molar-refractivity contribution < 1.29 is 0 Å². The largest absolute Gasteiger partial charge is 0.358 e. The van der Waals surface area contributed by atoms with Crippen LogP contribution in [-0.2, 0) is 0 Å². The Balaban J connectivity index is 1.82. The van der Waals surface area contributed by atoms with Crippen molar-refractivity contribution >= 4 is 38.3 Å². The van der Waals surface area contributed by atoms with E-state index >= 15 is 0 Å². The SMILES string of the molecule is CC1(C)C(Cl)CC1Nc1nc2ccccc2s1. The van der Waals surface area contributed by atoms with Crippen molar-refractivity contribution in [2.75, 3.05) is 5.32 Å². The summed E-state index contributed by atoms with van der Waals surface area (Å²) in [4.78, 5) is 4.59. The Kier molecular flexibility index (Phi) is 2.56. The Labute approximate surface area is 110 Å². The quantitative estimate of drug-likeness (QED) is 0.828. The van der Waals surface area contributed by atoms with E-state index in [4.69, 9.17) is 11.6 Å². The van der Waals surface area contributed by atoms with Crippen LogP contribution in [0.2, 0.25) is 0 Å². The number of benzene rings is 1. The Bertz CT molecular complexity index is 516. The lowest BCUT2D eigenvalue weighted by Crippen LogP contribution is -2.54. The number of anilines is 1. The van der Waals surface area contributed by atoms with Gasteiger partial charge in [-0.15, -0.1) is 11.6 Å². The van der Waals surface area contributed by atoms with Gasteiger partial charge in [-0.25, -0.2) is 4.98 Å². The summed E-state index contributed by atoms with van der Waals surface area (Å²) in [5.74, 6) is 0. The van der Waals surface area contributed by atoms with Crippen molar-refractivity contribution in [1.29, 1.82) is 0 Å². The monoisotopic (exact) mass is 266 g/mol. The molecule has 2 aromatic rings. The van der Waals surface area contributed by atoms with Crippen LogP contribution in [0.5, 0.6) is 0 Å². The number of hydrogen-bond acceptors (Lipinski definition) is 3. The van der Waals surface area contributed by atoms with E-state index in [1.807, 2.05) is 18.2 Å². The Morgan fingerprint density at radius 3 is 2.82 bits per heavy atom. The third-order valence-corrected chi connectivity index (χ3v) is 5.45. The molecule has 1 saturated carbocycles. The van der Waals surface area contributed by atoms with Gasteiger partial charge in [-0.2, -0.15) is 0 Å².